The molecule has 0 spiro atoms. The first-order valence-electron chi connectivity index (χ1n) is 9.03. The number of fused-ring (bicyclic) bond motifs is 3. The molecule has 0 aliphatic heterocycles. The fourth-order valence-corrected chi connectivity index (χ4v) is 5.93. The zero-order valence-electron chi connectivity index (χ0n) is 14.8. The molecule has 8 nitrogen and oxygen atoms in total. The minimum Gasteiger partial charge on any atom is -0.345 e. The molecule has 2 fully saturated rings. The van der Waals surface area contributed by atoms with Gasteiger partial charge in [-0.05, 0) is 37.2 Å². The van der Waals surface area contributed by atoms with Gasteiger partial charge in [0, 0.05) is 18.2 Å². The van der Waals surface area contributed by atoms with Crippen molar-refractivity contribution in [1.82, 2.24) is 29.3 Å². The highest BCUT2D eigenvalue weighted by atomic mass is 32.2. The number of nitrogens with zero attached hydrogens (tertiary/aromatic N) is 4. The quantitative estimate of drug-likeness (QED) is 0.726. The van der Waals surface area contributed by atoms with E-state index in [9.17, 15) is 8.42 Å². The van der Waals surface area contributed by atoms with Gasteiger partial charge in [0.05, 0.1) is 17.0 Å². The summed E-state index contributed by atoms with van der Waals surface area (Å²) in [5, 5.41) is 8.57. The van der Waals surface area contributed by atoms with Crippen molar-refractivity contribution in [3.8, 4) is 0 Å². The highest BCUT2D eigenvalue weighted by Gasteiger charge is 2.46. The molecule has 26 heavy (non-hydrogen) atoms. The molecule has 138 valence electrons. The Labute approximate surface area is 151 Å². The molecule has 2 aliphatic carbocycles. The highest BCUT2D eigenvalue weighted by molar-refractivity contribution is 7.90. The van der Waals surface area contributed by atoms with E-state index in [1.165, 1.54) is 0 Å². The van der Waals surface area contributed by atoms with Crippen LogP contribution in [0.2, 0.25) is 0 Å². The Bertz CT molecular complexity index is 1100. The van der Waals surface area contributed by atoms with E-state index in [1.807, 2.05) is 16.7 Å². The zero-order chi connectivity index (χ0) is 18.1. The van der Waals surface area contributed by atoms with Crippen LogP contribution in [-0.2, 0) is 10.0 Å². The minimum atomic E-state index is -3.19. The molecule has 0 bridgehead atoms. The van der Waals surface area contributed by atoms with Gasteiger partial charge in [-0.15, -0.1) is 10.2 Å². The summed E-state index contributed by atoms with van der Waals surface area (Å²) >= 11 is 0. The molecular formula is C17H22N6O2S. The molecule has 0 saturated heterocycles. The van der Waals surface area contributed by atoms with E-state index in [2.05, 4.69) is 38.7 Å². The molecule has 5 rings (SSSR count). The number of hydrogen-bond donors (Lipinski definition) is 2. The summed E-state index contributed by atoms with van der Waals surface area (Å²) in [5.74, 6) is 0.995. The third kappa shape index (κ3) is 2.44. The predicted molar refractivity (Wildman–Crippen MR) is 97.3 cm³/mol. The third-order valence-corrected chi connectivity index (χ3v) is 7.82. The van der Waals surface area contributed by atoms with Crippen molar-refractivity contribution in [2.24, 2.45) is 5.41 Å². The zero-order valence-corrected chi connectivity index (χ0v) is 15.6. The van der Waals surface area contributed by atoms with Crippen LogP contribution in [0.1, 0.15) is 51.3 Å². The van der Waals surface area contributed by atoms with E-state index < -0.39 is 10.0 Å². The normalized spacial score (nSPS) is 26.1. The van der Waals surface area contributed by atoms with Crippen LogP contribution in [0.15, 0.2) is 18.5 Å². The first-order valence-corrected chi connectivity index (χ1v) is 10.6. The first kappa shape index (κ1) is 16.2. The molecule has 2 aliphatic rings. The monoisotopic (exact) mass is 374 g/mol. The molecule has 0 unspecified atom stereocenters. The fraction of sp³-hybridized carbons (Fsp3) is 0.588. The molecule has 2 saturated carbocycles. The summed E-state index contributed by atoms with van der Waals surface area (Å²) in [6.45, 7) is 4.36. The maximum absolute atomic E-state index is 12.3. The summed E-state index contributed by atoms with van der Waals surface area (Å²) < 4.78 is 29.7. The maximum Gasteiger partial charge on any atom is 0.214 e. The first-order chi connectivity index (χ1) is 12.4. The second kappa shape index (κ2) is 5.26. The van der Waals surface area contributed by atoms with E-state index >= 15 is 0 Å². The van der Waals surface area contributed by atoms with Crippen LogP contribution in [0.4, 0.5) is 0 Å². The number of nitrogens with one attached hydrogen (secondary N) is 2. The van der Waals surface area contributed by atoms with E-state index in [0.717, 1.165) is 42.7 Å². The lowest BCUT2D eigenvalue weighted by molar-refractivity contribution is 0.318. The van der Waals surface area contributed by atoms with Crippen molar-refractivity contribution in [1.29, 1.82) is 0 Å². The standard InChI is InChI=1S/C17H22N6O2S/c1-17(2)8-10(22-26(24,25)11-3-4-11)7-12(17)16-21-20-14-9-19-15-13(23(14)16)5-6-18-15/h5-6,9-12,18,22H,3-4,7-8H2,1-2H3/t10-,12-/m1/s1. The number of aromatic amines is 1. The van der Waals surface area contributed by atoms with Crippen molar-refractivity contribution < 1.29 is 8.42 Å². The second-order valence-corrected chi connectivity index (χ2v) is 10.3. The van der Waals surface area contributed by atoms with Crippen molar-refractivity contribution in [2.75, 3.05) is 0 Å². The lowest BCUT2D eigenvalue weighted by atomic mass is 9.81. The summed E-state index contributed by atoms with van der Waals surface area (Å²) in [6.07, 6.45) is 6.65. The summed E-state index contributed by atoms with van der Waals surface area (Å²) in [6, 6.07) is 1.91. The van der Waals surface area contributed by atoms with E-state index in [-0.39, 0.29) is 22.6 Å². The second-order valence-electron chi connectivity index (χ2n) is 8.26. The van der Waals surface area contributed by atoms with Gasteiger partial charge in [-0.3, -0.25) is 4.40 Å². The van der Waals surface area contributed by atoms with Crippen LogP contribution in [-0.4, -0.2) is 44.3 Å². The van der Waals surface area contributed by atoms with Crippen molar-refractivity contribution in [2.45, 2.75) is 56.7 Å². The largest absolute Gasteiger partial charge is 0.345 e. The smallest absolute Gasteiger partial charge is 0.214 e. The molecule has 9 heteroatoms. The Kier molecular flexibility index (Phi) is 3.28. The van der Waals surface area contributed by atoms with Crippen molar-refractivity contribution in [3.05, 3.63) is 24.3 Å². The Balaban J connectivity index is 1.53. The van der Waals surface area contributed by atoms with E-state index in [4.69, 9.17) is 0 Å². The third-order valence-electron chi connectivity index (χ3n) is 5.81. The average molecular weight is 374 g/mol. The average Bonchev–Trinajstić information content (AvgIpc) is 3.07. The van der Waals surface area contributed by atoms with Gasteiger partial charge in [-0.25, -0.2) is 18.1 Å². The fourth-order valence-electron chi connectivity index (χ4n) is 4.34. The number of sulfonamides is 1. The van der Waals surface area contributed by atoms with Gasteiger partial charge >= 0.3 is 0 Å². The molecule has 0 radical (unpaired) electrons. The van der Waals surface area contributed by atoms with E-state index in [0.29, 0.717) is 5.65 Å². The number of rotatable bonds is 4. The molecule has 2 atom stereocenters. The maximum atomic E-state index is 12.3. The topological polar surface area (TPSA) is 105 Å². The molecule has 0 amide bonds. The predicted octanol–water partition coefficient (Wildman–Crippen LogP) is 1.96. The van der Waals surface area contributed by atoms with Crippen LogP contribution >= 0.6 is 0 Å². The molecule has 2 N–H and O–H groups in total. The Hall–Kier alpha value is -2.00. The van der Waals surface area contributed by atoms with Gasteiger partial charge in [0.2, 0.25) is 10.0 Å². The van der Waals surface area contributed by atoms with Gasteiger partial charge in [0.15, 0.2) is 11.3 Å². The van der Waals surface area contributed by atoms with E-state index in [1.54, 1.807) is 6.20 Å². The Morgan fingerprint density at radius 1 is 1.31 bits per heavy atom. The van der Waals surface area contributed by atoms with Crippen LogP contribution in [0.25, 0.3) is 16.8 Å². The van der Waals surface area contributed by atoms with Gasteiger partial charge in [-0.1, -0.05) is 13.8 Å². The lowest BCUT2D eigenvalue weighted by Crippen LogP contribution is -2.35. The Morgan fingerprint density at radius 3 is 2.88 bits per heavy atom. The SMILES string of the molecule is CC1(C)C[C@H](NS(=O)(=O)C2CC2)C[C@@H]1c1nnc2cnc3[nH]ccc3n12. The summed E-state index contributed by atoms with van der Waals surface area (Å²) in [5.41, 5.74) is 2.37. The van der Waals surface area contributed by atoms with Crippen molar-refractivity contribution >= 4 is 26.8 Å². The molecule has 3 aromatic heterocycles. The number of hydrogen-bond acceptors (Lipinski definition) is 5. The van der Waals surface area contributed by atoms with Crippen LogP contribution < -0.4 is 4.72 Å². The lowest BCUT2D eigenvalue weighted by Gasteiger charge is -2.25. The minimum absolute atomic E-state index is 0.0588. The van der Waals surface area contributed by atoms with Gasteiger partial charge in [-0.2, -0.15) is 0 Å². The van der Waals surface area contributed by atoms with Crippen LogP contribution in [0, 0.1) is 5.41 Å². The number of aromatic nitrogens is 5. The Morgan fingerprint density at radius 2 is 2.12 bits per heavy atom. The van der Waals surface area contributed by atoms with Crippen LogP contribution in [0.5, 0.6) is 0 Å². The summed E-state index contributed by atoms with van der Waals surface area (Å²) in [7, 11) is -3.19. The van der Waals surface area contributed by atoms with Crippen molar-refractivity contribution in [3.63, 3.8) is 0 Å². The molecule has 3 heterocycles. The van der Waals surface area contributed by atoms with Gasteiger partial charge in [0.1, 0.15) is 5.82 Å². The van der Waals surface area contributed by atoms with Gasteiger partial charge < -0.3 is 4.98 Å². The highest BCUT2D eigenvalue weighted by Crippen LogP contribution is 2.49. The molecule has 3 aromatic rings. The number of H-pyrrole nitrogens is 1. The van der Waals surface area contributed by atoms with Gasteiger partial charge in [0.25, 0.3) is 0 Å². The van der Waals surface area contributed by atoms with Crippen LogP contribution in [0.3, 0.4) is 0 Å². The summed E-state index contributed by atoms with van der Waals surface area (Å²) in [4.78, 5) is 7.48. The molecular weight excluding hydrogens is 352 g/mol. The molecule has 0 aromatic carbocycles.